The summed E-state index contributed by atoms with van der Waals surface area (Å²) in [6.07, 6.45) is 1.62. The molecule has 0 spiro atoms. The lowest BCUT2D eigenvalue weighted by molar-refractivity contribution is 0.567. The van der Waals surface area contributed by atoms with Crippen molar-refractivity contribution in [3.05, 3.63) is 24.5 Å². The van der Waals surface area contributed by atoms with Crippen molar-refractivity contribution in [3.8, 4) is 0 Å². The number of benzene rings is 1. The van der Waals surface area contributed by atoms with Crippen LogP contribution < -0.4 is 10.6 Å². The van der Waals surface area contributed by atoms with Crippen molar-refractivity contribution in [3.63, 3.8) is 0 Å². The molecular formula is C15H22N4. The minimum Gasteiger partial charge on any atom is -0.399 e. The molecule has 0 amide bonds. The van der Waals surface area contributed by atoms with Gasteiger partial charge in [0.2, 0.25) is 0 Å². The van der Waals surface area contributed by atoms with E-state index in [1.54, 1.807) is 6.33 Å². The Labute approximate surface area is 114 Å². The van der Waals surface area contributed by atoms with E-state index in [1.165, 1.54) is 0 Å². The molecule has 0 radical (unpaired) electrons. The second-order valence-electron chi connectivity index (χ2n) is 5.61. The van der Waals surface area contributed by atoms with Gasteiger partial charge in [-0.25, -0.2) is 9.97 Å². The van der Waals surface area contributed by atoms with Crippen LogP contribution in [0, 0.1) is 5.92 Å². The number of nitrogens with two attached hydrogens (primary N) is 1. The molecule has 2 N–H and O–H groups in total. The van der Waals surface area contributed by atoms with E-state index in [0.717, 1.165) is 29.0 Å². The number of nitrogen functional groups attached to an aromatic ring is 1. The minimum atomic E-state index is 0.401. The molecule has 102 valence electrons. The molecule has 1 aromatic heterocycles. The van der Waals surface area contributed by atoms with Gasteiger partial charge < -0.3 is 10.6 Å². The van der Waals surface area contributed by atoms with Crippen molar-refractivity contribution < 1.29 is 0 Å². The Morgan fingerprint density at radius 2 is 1.89 bits per heavy atom. The van der Waals surface area contributed by atoms with E-state index in [1.807, 2.05) is 18.2 Å². The van der Waals surface area contributed by atoms with E-state index in [4.69, 9.17) is 5.73 Å². The minimum absolute atomic E-state index is 0.401. The van der Waals surface area contributed by atoms with Gasteiger partial charge in [-0.15, -0.1) is 0 Å². The summed E-state index contributed by atoms with van der Waals surface area (Å²) < 4.78 is 0. The zero-order chi connectivity index (χ0) is 14.0. The average Bonchev–Trinajstić information content (AvgIpc) is 2.34. The van der Waals surface area contributed by atoms with Crippen molar-refractivity contribution in [2.24, 2.45) is 5.92 Å². The maximum Gasteiger partial charge on any atom is 0.140 e. The molecule has 0 aliphatic carbocycles. The van der Waals surface area contributed by atoms with Gasteiger partial charge in [-0.2, -0.15) is 0 Å². The quantitative estimate of drug-likeness (QED) is 0.856. The first-order valence-electron chi connectivity index (χ1n) is 6.76. The van der Waals surface area contributed by atoms with Crippen LogP contribution in [-0.2, 0) is 0 Å². The lowest BCUT2D eigenvalue weighted by Gasteiger charge is -2.30. The fraction of sp³-hybridized carbons (Fsp3) is 0.467. The average molecular weight is 258 g/mol. The highest BCUT2D eigenvalue weighted by Crippen LogP contribution is 2.26. The van der Waals surface area contributed by atoms with Gasteiger partial charge in [-0.1, -0.05) is 13.8 Å². The maximum atomic E-state index is 5.82. The fourth-order valence-corrected chi connectivity index (χ4v) is 2.22. The monoisotopic (exact) mass is 258 g/mol. The number of aromatic nitrogens is 2. The van der Waals surface area contributed by atoms with Gasteiger partial charge in [0.05, 0.1) is 5.52 Å². The summed E-state index contributed by atoms with van der Waals surface area (Å²) in [6, 6.07) is 6.21. The van der Waals surface area contributed by atoms with Crippen LogP contribution in [0.25, 0.3) is 10.9 Å². The van der Waals surface area contributed by atoms with Crippen molar-refractivity contribution >= 4 is 22.4 Å². The largest absolute Gasteiger partial charge is 0.399 e. The van der Waals surface area contributed by atoms with Gasteiger partial charge in [-0.3, -0.25) is 0 Å². The molecule has 0 saturated heterocycles. The Bertz CT molecular complexity index is 563. The van der Waals surface area contributed by atoms with Gasteiger partial charge in [0.1, 0.15) is 12.1 Å². The second kappa shape index (κ2) is 5.43. The summed E-state index contributed by atoms with van der Waals surface area (Å²) in [6.45, 7) is 9.79. The molecule has 0 fully saturated rings. The molecule has 4 nitrogen and oxygen atoms in total. The summed E-state index contributed by atoms with van der Waals surface area (Å²) in [5, 5.41) is 1.06. The number of hydrogen-bond acceptors (Lipinski definition) is 4. The van der Waals surface area contributed by atoms with Crippen molar-refractivity contribution in [2.45, 2.75) is 33.7 Å². The topological polar surface area (TPSA) is 55.0 Å². The molecule has 0 aliphatic heterocycles. The van der Waals surface area contributed by atoms with Gasteiger partial charge in [0.15, 0.2) is 0 Å². The zero-order valence-corrected chi connectivity index (χ0v) is 12.1. The highest BCUT2D eigenvalue weighted by Gasteiger charge is 2.16. The second-order valence-corrected chi connectivity index (χ2v) is 5.61. The van der Waals surface area contributed by atoms with E-state index < -0.39 is 0 Å². The predicted molar refractivity (Wildman–Crippen MR) is 81.3 cm³/mol. The number of anilines is 2. The fourth-order valence-electron chi connectivity index (χ4n) is 2.22. The summed E-state index contributed by atoms with van der Waals surface area (Å²) >= 11 is 0. The van der Waals surface area contributed by atoms with Crippen molar-refractivity contribution in [1.29, 1.82) is 0 Å². The Hall–Kier alpha value is -1.84. The summed E-state index contributed by atoms with van der Waals surface area (Å²) in [4.78, 5) is 11.1. The first-order valence-corrected chi connectivity index (χ1v) is 6.76. The third-order valence-electron chi connectivity index (χ3n) is 3.10. The number of rotatable bonds is 4. The van der Waals surface area contributed by atoms with E-state index in [-0.39, 0.29) is 0 Å². The van der Waals surface area contributed by atoms with Crippen LogP contribution in [0.5, 0.6) is 0 Å². The molecule has 0 saturated carbocycles. The van der Waals surface area contributed by atoms with Crippen LogP contribution >= 0.6 is 0 Å². The van der Waals surface area contributed by atoms with E-state index in [9.17, 15) is 0 Å². The highest BCUT2D eigenvalue weighted by atomic mass is 15.2. The Morgan fingerprint density at radius 3 is 2.53 bits per heavy atom. The van der Waals surface area contributed by atoms with Crippen LogP contribution in [0.1, 0.15) is 27.7 Å². The van der Waals surface area contributed by atoms with Gasteiger partial charge >= 0.3 is 0 Å². The Morgan fingerprint density at radius 1 is 1.16 bits per heavy atom. The van der Waals surface area contributed by atoms with Crippen molar-refractivity contribution in [1.82, 2.24) is 9.97 Å². The summed E-state index contributed by atoms with van der Waals surface area (Å²) in [5.74, 6) is 1.58. The summed E-state index contributed by atoms with van der Waals surface area (Å²) in [5.41, 5.74) is 7.45. The van der Waals surface area contributed by atoms with Crippen LogP contribution in [0.15, 0.2) is 24.5 Å². The summed E-state index contributed by atoms with van der Waals surface area (Å²) in [7, 11) is 0. The molecule has 2 aromatic rings. The lowest BCUT2D eigenvalue weighted by atomic mass is 10.1. The maximum absolute atomic E-state index is 5.82. The Kier molecular flexibility index (Phi) is 3.88. The van der Waals surface area contributed by atoms with E-state index >= 15 is 0 Å². The smallest absolute Gasteiger partial charge is 0.140 e. The van der Waals surface area contributed by atoms with E-state index in [0.29, 0.717) is 12.0 Å². The molecule has 2 rings (SSSR count). The van der Waals surface area contributed by atoms with Crippen molar-refractivity contribution in [2.75, 3.05) is 17.2 Å². The van der Waals surface area contributed by atoms with Crippen LogP contribution in [-0.4, -0.2) is 22.6 Å². The zero-order valence-electron chi connectivity index (χ0n) is 12.1. The van der Waals surface area contributed by atoms with Gasteiger partial charge in [0, 0.05) is 23.7 Å². The van der Waals surface area contributed by atoms with Crippen LogP contribution in [0.4, 0.5) is 11.5 Å². The molecule has 1 aromatic carbocycles. The third-order valence-corrected chi connectivity index (χ3v) is 3.10. The first-order chi connectivity index (χ1) is 8.99. The lowest BCUT2D eigenvalue weighted by Crippen LogP contribution is -2.35. The molecule has 19 heavy (non-hydrogen) atoms. The van der Waals surface area contributed by atoms with Crippen LogP contribution in [0.3, 0.4) is 0 Å². The molecule has 0 atom stereocenters. The normalized spacial score (nSPS) is 11.5. The standard InChI is InChI=1S/C15H22N4/c1-10(2)8-19(11(3)4)15-13-6-5-12(16)7-14(13)17-9-18-15/h5-7,9-11H,8,16H2,1-4H3. The van der Waals surface area contributed by atoms with Crippen LogP contribution in [0.2, 0.25) is 0 Å². The highest BCUT2D eigenvalue weighted by molar-refractivity contribution is 5.91. The molecule has 4 heteroatoms. The molecule has 0 unspecified atom stereocenters. The molecule has 0 bridgehead atoms. The molecule has 1 heterocycles. The molecule has 0 aliphatic rings. The third kappa shape index (κ3) is 2.95. The number of hydrogen-bond donors (Lipinski definition) is 1. The Balaban J connectivity index is 2.53. The number of fused-ring (bicyclic) bond motifs is 1. The predicted octanol–water partition coefficient (Wildman–Crippen LogP) is 3.08. The SMILES string of the molecule is CC(C)CN(c1ncnc2cc(N)ccc12)C(C)C. The first kappa shape index (κ1) is 13.6. The number of nitrogens with zero attached hydrogens (tertiary/aromatic N) is 3. The van der Waals surface area contributed by atoms with Gasteiger partial charge in [0.25, 0.3) is 0 Å². The van der Waals surface area contributed by atoms with Gasteiger partial charge in [-0.05, 0) is 38.0 Å². The molecular weight excluding hydrogens is 236 g/mol. The van der Waals surface area contributed by atoms with E-state index in [2.05, 4.69) is 42.6 Å².